The fraction of sp³-hybridized carbons (Fsp3) is 0.824. The molecule has 0 aromatic heterocycles. The number of ether oxygens (including phenoxy) is 2. The summed E-state index contributed by atoms with van der Waals surface area (Å²) in [6, 6.07) is 0. The maximum absolute atomic E-state index is 11.9. The summed E-state index contributed by atoms with van der Waals surface area (Å²) in [5, 5.41) is 0. The zero-order valence-corrected chi connectivity index (χ0v) is 13.0. The monoisotopic (exact) mass is 282 g/mol. The van der Waals surface area contributed by atoms with E-state index in [-0.39, 0.29) is 18.7 Å². The van der Waals surface area contributed by atoms with Gasteiger partial charge in [0, 0.05) is 7.11 Å². The minimum Gasteiger partial charge on any atom is -0.459 e. The molecule has 0 aromatic rings. The molecule has 1 rings (SSSR count). The fourth-order valence-electron chi connectivity index (χ4n) is 2.71. The molecule has 0 heterocycles. The topological polar surface area (TPSA) is 35.5 Å². The lowest BCUT2D eigenvalue weighted by molar-refractivity contribution is -0.145. The average Bonchev–Trinajstić information content (AvgIpc) is 2.42. The number of carbonyl (C=O) groups excluding carboxylic acids is 1. The van der Waals surface area contributed by atoms with E-state index in [0.717, 1.165) is 25.7 Å². The van der Waals surface area contributed by atoms with E-state index in [1.165, 1.54) is 44.9 Å². The molecule has 1 fully saturated rings. The first kappa shape index (κ1) is 17.2. The Balaban J connectivity index is 2.37. The lowest BCUT2D eigenvalue weighted by Crippen LogP contribution is -2.21. The van der Waals surface area contributed by atoms with Gasteiger partial charge < -0.3 is 9.47 Å². The first-order chi connectivity index (χ1) is 9.74. The van der Waals surface area contributed by atoms with Crippen molar-refractivity contribution in [3.63, 3.8) is 0 Å². The quantitative estimate of drug-likeness (QED) is 0.566. The van der Waals surface area contributed by atoms with Gasteiger partial charge in [0.15, 0.2) is 0 Å². The molecule has 0 saturated heterocycles. The fourth-order valence-corrected chi connectivity index (χ4v) is 2.71. The molecule has 20 heavy (non-hydrogen) atoms. The molecule has 3 heteroatoms. The zero-order chi connectivity index (χ0) is 14.6. The Morgan fingerprint density at radius 3 is 1.85 bits per heavy atom. The Labute approximate surface area is 123 Å². The van der Waals surface area contributed by atoms with Gasteiger partial charge in [0.25, 0.3) is 0 Å². The molecule has 0 amide bonds. The molecule has 0 atom stereocenters. The first-order valence-corrected chi connectivity index (χ1v) is 8.11. The molecule has 0 spiro atoms. The summed E-state index contributed by atoms with van der Waals surface area (Å²) in [6.07, 6.45) is 13.6. The highest BCUT2D eigenvalue weighted by Gasteiger charge is 2.16. The second kappa shape index (κ2) is 10.9. The molecular formula is C17H30O3. The summed E-state index contributed by atoms with van der Waals surface area (Å²) in [5.74, 6) is -0.288. The van der Waals surface area contributed by atoms with Crippen LogP contribution >= 0.6 is 0 Å². The molecule has 0 radical (unpaired) electrons. The number of carbonyl (C=O) groups is 1. The molecule has 0 N–H and O–H groups in total. The Kier molecular flexibility index (Phi) is 9.38. The van der Waals surface area contributed by atoms with Crippen LogP contribution in [-0.2, 0) is 14.3 Å². The van der Waals surface area contributed by atoms with Crippen LogP contribution in [0.3, 0.4) is 0 Å². The lowest BCUT2D eigenvalue weighted by Gasteiger charge is -2.19. The Morgan fingerprint density at radius 2 is 1.40 bits per heavy atom. The van der Waals surface area contributed by atoms with E-state index in [0.29, 0.717) is 5.57 Å². The van der Waals surface area contributed by atoms with Gasteiger partial charge in [-0.05, 0) is 25.7 Å². The largest absolute Gasteiger partial charge is 0.459 e. The molecule has 1 aliphatic rings. The Bertz CT molecular complexity index is 274. The SMILES string of the molecule is C=C(COC)C(=O)OC1CCCCCCCCCCC1. The van der Waals surface area contributed by atoms with Crippen LogP contribution in [-0.4, -0.2) is 25.8 Å². The molecular weight excluding hydrogens is 252 g/mol. The van der Waals surface area contributed by atoms with Crippen molar-refractivity contribution in [2.75, 3.05) is 13.7 Å². The third-order valence-electron chi connectivity index (χ3n) is 3.93. The van der Waals surface area contributed by atoms with Crippen molar-refractivity contribution in [1.82, 2.24) is 0 Å². The molecule has 1 aliphatic carbocycles. The number of hydrogen-bond acceptors (Lipinski definition) is 3. The predicted octanol–water partition coefficient (Wildman–Crippen LogP) is 4.41. The van der Waals surface area contributed by atoms with Gasteiger partial charge >= 0.3 is 5.97 Å². The van der Waals surface area contributed by atoms with Crippen LogP contribution < -0.4 is 0 Å². The summed E-state index contributed by atoms with van der Waals surface area (Å²) in [5.41, 5.74) is 0.415. The van der Waals surface area contributed by atoms with Crippen molar-refractivity contribution in [3.8, 4) is 0 Å². The maximum Gasteiger partial charge on any atom is 0.336 e. The maximum atomic E-state index is 11.9. The summed E-state index contributed by atoms with van der Waals surface area (Å²) in [4.78, 5) is 11.9. The van der Waals surface area contributed by atoms with Crippen molar-refractivity contribution in [1.29, 1.82) is 0 Å². The number of rotatable bonds is 4. The highest BCUT2D eigenvalue weighted by atomic mass is 16.5. The smallest absolute Gasteiger partial charge is 0.336 e. The second-order valence-electron chi connectivity index (χ2n) is 5.82. The number of hydrogen-bond donors (Lipinski definition) is 0. The summed E-state index contributed by atoms with van der Waals surface area (Å²) < 4.78 is 10.5. The minimum atomic E-state index is -0.288. The van der Waals surface area contributed by atoms with Gasteiger partial charge in [-0.25, -0.2) is 4.79 Å². The molecule has 0 unspecified atom stereocenters. The van der Waals surface area contributed by atoms with E-state index in [9.17, 15) is 4.79 Å². The van der Waals surface area contributed by atoms with Crippen LogP contribution in [0.25, 0.3) is 0 Å². The molecule has 0 bridgehead atoms. The van der Waals surface area contributed by atoms with Crippen molar-refractivity contribution in [2.24, 2.45) is 0 Å². The molecule has 116 valence electrons. The van der Waals surface area contributed by atoms with E-state index >= 15 is 0 Å². The highest BCUT2D eigenvalue weighted by molar-refractivity contribution is 5.88. The van der Waals surface area contributed by atoms with Crippen LogP contribution in [0.2, 0.25) is 0 Å². The molecule has 0 aromatic carbocycles. The molecule has 3 nitrogen and oxygen atoms in total. The molecule has 1 saturated carbocycles. The van der Waals surface area contributed by atoms with Gasteiger partial charge in [0.05, 0.1) is 12.2 Å². The van der Waals surface area contributed by atoms with E-state index in [1.807, 2.05) is 0 Å². The van der Waals surface area contributed by atoms with Crippen LogP contribution in [0.4, 0.5) is 0 Å². The van der Waals surface area contributed by atoms with Gasteiger partial charge in [-0.1, -0.05) is 51.5 Å². The first-order valence-electron chi connectivity index (χ1n) is 8.11. The van der Waals surface area contributed by atoms with E-state index in [4.69, 9.17) is 9.47 Å². The van der Waals surface area contributed by atoms with E-state index in [2.05, 4.69) is 6.58 Å². The van der Waals surface area contributed by atoms with Gasteiger partial charge in [0.2, 0.25) is 0 Å². The van der Waals surface area contributed by atoms with Crippen LogP contribution in [0.1, 0.15) is 70.6 Å². The number of methoxy groups -OCH3 is 1. The predicted molar refractivity (Wildman–Crippen MR) is 81.7 cm³/mol. The van der Waals surface area contributed by atoms with Crippen molar-refractivity contribution < 1.29 is 14.3 Å². The lowest BCUT2D eigenvalue weighted by atomic mass is 9.99. The van der Waals surface area contributed by atoms with Gasteiger partial charge in [-0.3, -0.25) is 0 Å². The van der Waals surface area contributed by atoms with Gasteiger partial charge in [-0.2, -0.15) is 0 Å². The van der Waals surface area contributed by atoms with Crippen LogP contribution in [0.15, 0.2) is 12.2 Å². The second-order valence-corrected chi connectivity index (χ2v) is 5.82. The Morgan fingerprint density at radius 1 is 0.950 bits per heavy atom. The standard InChI is InChI=1S/C17H30O3/c1-15(14-19-2)17(18)20-16-12-10-8-6-4-3-5-7-9-11-13-16/h16H,1,3-14H2,2H3. The number of esters is 1. The minimum absolute atomic E-state index is 0.0653. The van der Waals surface area contributed by atoms with Gasteiger partial charge in [0.1, 0.15) is 6.10 Å². The van der Waals surface area contributed by atoms with Crippen molar-refractivity contribution in [3.05, 3.63) is 12.2 Å². The highest BCUT2D eigenvalue weighted by Crippen LogP contribution is 2.19. The van der Waals surface area contributed by atoms with Crippen molar-refractivity contribution >= 4 is 5.97 Å². The van der Waals surface area contributed by atoms with E-state index < -0.39 is 0 Å². The summed E-state index contributed by atoms with van der Waals surface area (Å²) >= 11 is 0. The van der Waals surface area contributed by atoms with Crippen LogP contribution in [0.5, 0.6) is 0 Å². The van der Waals surface area contributed by atoms with Crippen LogP contribution in [0, 0.1) is 0 Å². The summed E-state index contributed by atoms with van der Waals surface area (Å²) in [6.45, 7) is 3.97. The van der Waals surface area contributed by atoms with Gasteiger partial charge in [-0.15, -0.1) is 0 Å². The van der Waals surface area contributed by atoms with E-state index in [1.54, 1.807) is 7.11 Å². The zero-order valence-electron chi connectivity index (χ0n) is 13.0. The summed E-state index contributed by atoms with van der Waals surface area (Å²) in [7, 11) is 1.56. The third-order valence-corrected chi connectivity index (χ3v) is 3.93. The normalized spacial score (nSPS) is 19.6. The third kappa shape index (κ3) is 7.68. The average molecular weight is 282 g/mol. The molecule has 0 aliphatic heterocycles. The Hall–Kier alpha value is -0.830. The van der Waals surface area contributed by atoms with Crippen molar-refractivity contribution in [2.45, 2.75) is 76.7 Å².